The van der Waals surface area contributed by atoms with E-state index in [2.05, 4.69) is 15.6 Å². The van der Waals surface area contributed by atoms with Crippen molar-refractivity contribution >= 4 is 15.8 Å². The quantitative estimate of drug-likeness (QED) is 0.353. The summed E-state index contributed by atoms with van der Waals surface area (Å²) in [5.74, 6) is 0.927. The van der Waals surface area contributed by atoms with E-state index < -0.39 is 9.84 Å². The van der Waals surface area contributed by atoms with Gasteiger partial charge in [-0.05, 0) is 13.3 Å². The van der Waals surface area contributed by atoms with Gasteiger partial charge in [0.25, 0.3) is 0 Å². The fraction of sp³-hybridized carbons (Fsp3) is 0.909. The first kappa shape index (κ1) is 17.2. The number of hydrogen-bond acceptors (Lipinski definition) is 4. The van der Waals surface area contributed by atoms with Crippen molar-refractivity contribution in [3.63, 3.8) is 0 Å². The Labute approximate surface area is 110 Å². The number of nitrogens with one attached hydrogen (secondary N) is 2. The first-order chi connectivity index (χ1) is 8.55. The smallest absolute Gasteiger partial charge is 0.191 e. The van der Waals surface area contributed by atoms with Crippen molar-refractivity contribution in [2.75, 3.05) is 44.9 Å². The molecule has 0 saturated carbocycles. The van der Waals surface area contributed by atoms with Crippen molar-refractivity contribution in [1.29, 1.82) is 0 Å². The Morgan fingerprint density at radius 3 is 2.44 bits per heavy atom. The summed E-state index contributed by atoms with van der Waals surface area (Å²) in [5, 5.41) is 6.07. The molecule has 0 unspecified atom stereocenters. The van der Waals surface area contributed by atoms with E-state index in [-0.39, 0.29) is 11.5 Å². The van der Waals surface area contributed by atoms with Crippen molar-refractivity contribution < 1.29 is 13.2 Å². The summed E-state index contributed by atoms with van der Waals surface area (Å²) in [6.07, 6.45) is 0.891. The molecule has 0 radical (unpaired) electrons. The molecule has 0 saturated heterocycles. The first-order valence-corrected chi connectivity index (χ1v) is 8.10. The van der Waals surface area contributed by atoms with E-state index in [0.717, 1.165) is 19.6 Å². The maximum Gasteiger partial charge on any atom is 0.191 e. The summed E-state index contributed by atoms with van der Waals surface area (Å²) in [6, 6.07) is 0. The van der Waals surface area contributed by atoms with Gasteiger partial charge in [0.15, 0.2) is 15.8 Å². The van der Waals surface area contributed by atoms with E-state index in [4.69, 9.17) is 4.74 Å². The van der Waals surface area contributed by atoms with Gasteiger partial charge in [-0.1, -0.05) is 6.92 Å². The minimum absolute atomic E-state index is 0.128. The van der Waals surface area contributed by atoms with Crippen molar-refractivity contribution in [2.24, 2.45) is 4.99 Å². The second kappa shape index (κ2) is 10.1. The Kier molecular flexibility index (Phi) is 9.67. The van der Waals surface area contributed by atoms with Crippen LogP contribution in [0.3, 0.4) is 0 Å². The number of nitrogens with zero attached hydrogens (tertiary/aromatic N) is 1. The van der Waals surface area contributed by atoms with Crippen LogP contribution in [0.1, 0.15) is 20.3 Å². The van der Waals surface area contributed by atoms with Crippen LogP contribution in [0.5, 0.6) is 0 Å². The number of sulfone groups is 1. The SMILES string of the molecule is CCOCCCNC(=NC)NCCS(=O)(=O)CC. The zero-order valence-corrected chi connectivity index (χ0v) is 12.3. The lowest BCUT2D eigenvalue weighted by molar-refractivity contribution is 0.145. The van der Waals surface area contributed by atoms with Crippen LogP contribution >= 0.6 is 0 Å². The average molecular weight is 279 g/mol. The van der Waals surface area contributed by atoms with Gasteiger partial charge in [0.05, 0.1) is 5.75 Å². The average Bonchev–Trinajstić information content (AvgIpc) is 2.36. The van der Waals surface area contributed by atoms with Gasteiger partial charge in [0.1, 0.15) is 0 Å². The molecule has 108 valence electrons. The zero-order valence-electron chi connectivity index (χ0n) is 11.5. The molecule has 7 heteroatoms. The summed E-state index contributed by atoms with van der Waals surface area (Å²) in [5.41, 5.74) is 0. The molecule has 0 spiro atoms. The molecule has 0 aromatic rings. The molecule has 0 aliphatic rings. The van der Waals surface area contributed by atoms with E-state index in [9.17, 15) is 8.42 Å². The third-order valence-electron chi connectivity index (χ3n) is 2.33. The maximum absolute atomic E-state index is 11.3. The van der Waals surface area contributed by atoms with Crippen LogP contribution in [-0.4, -0.2) is 59.2 Å². The molecule has 0 aromatic carbocycles. The lowest BCUT2D eigenvalue weighted by Gasteiger charge is -2.11. The van der Waals surface area contributed by atoms with Crippen LogP contribution in [0.25, 0.3) is 0 Å². The lowest BCUT2D eigenvalue weighted by atomic mass is 10.4. The second-order valence-corrected chi connectivity index (χ2v) is 6.19. The predicted octanol–water partition coefficient (Wildman–Crippen LogP) is 0.0127. The summed E-state index contributed by atoms with van der Waals surface area (Å²) >= 11 is 0. The number of rotatable bonds is 9. The summed E-state index contributed by atoms with van der Waals surface area (Å²) in [6.45, 7) is 6.17. The molecule has 6 nitrogen and oxygen atoms in total. The van der Waals surface area contributed by atoms with Crippen molar-refractivity contribution in [3.8, 4) is 0 Å². The van der Waals surface area contributed by atoms with Crippen LogP contribution < -0.4 is 10.6 Å². The molecule has 0 bridgehead atoms. The molecule has 0 aliphatic carbocycles. The number of ether oxygens (including phenoxy) is 1. The number of hydrogen-bond donors (Lipinski definition) is 2. The predicted molar refractivity (Wildman–Crippen MR) is 74.8 cm³/mol. The maximum atomic E-state index is 11.3. The Morgan fingerprint density at radius 2 is 1.89 bits per heavy atom. The molecule has 0 heterocycles. The molecule has 2 N–H and O–H groups in total. The highest BCUT2D eigenvalue weighted by molar-refractivity contribution is 7.91. The summed E-state index contributed by atoms with van der Waals surface area (Å²) < 4.78 is 27.8. The molecule has 0 amide bonds. The Bertz CT molecular complexity index is 328. The van der Waals surface area contributed by atoms with Crippen LogP contribution in [0.15, 0.2) is 4.99 Å². The Hall–Kier alpha value is -0.820. The minimum Gasteiger partial charge on any atom is -0.382 e. The fourth-order valence-electron chi connectivity index (χ4n) is 1.22. The van der Waals surface area contributed by atoms with Gasteiger partial charge < -0.3 is 15.4 Å². The largest absolute Gasteiger partial charge is 0.382 e. The van der Waals surface area contributed by atoms with Gasteiger partial charge in [-0.3, -0.25) is 4.99 Å². The van der Waals surface area contributed by atoms with E-state index in [1.165, 1.54) is 0 Å². The van der Waals surface area contributed by atoms with E-state index in [1.807, 2.05) is 6.92 Å². The minimum atomic E-state index is -2.92. The molecular formula is C11H25N3O3S. The molecular weight excluding hydrogens is 254 g/mol. The monoisotopic (exact) mass is 279 g/mol. The third-order valence-corrected chi connectivity index (χ3v) is 4.04. The van der Waals surface area contributed by atoms with Gasteiger partial charge in [0, 0.05) is 39.1 Å². The molecule has 0 fully saturated rings. The van der Waals surface area contributed by atoms with Crippen LogP contribution in [-0.2, 0) is 14.6 Å². The van der Waals surface area contributed by atoms with Crippen LogP contribution in [0.2, 0.25) is 0 Å². The highest BCUT2D eigenvalue weighted by atomic mass is 32.2. The Morgan fingerprint density at radius 1 is 1.22 bits per heavy atom. The van der Waals surface area contributed by atoms with Crippen LogP contribution in [0.4, 0.5) is 0 Å². The van der Waals surface area contributed by atoms with E-state index >= 15 is 0 Å². The molecule has 0 aromatic heterocycles. The second-order valence-electron chi connectivity index (χ2n) is 3.71. The van der Waals surface area contributed by atoms with Gasteiger partial charge in [-0.25, -0.2) is 8.42 Å². The van der Waals surface area contributed by atoms with E-state index in [1.54, 1.807) is 14.0 Å². The summed E-state index contributed by atoms with van der Waals surface area (Å²) in [7, 11) is -1.26. The highest BCUT2D eigenvalue weighted by Crippen LogP contribution is 1.87. The van der Waals surface area contributed by atoms with Crippen LogP contribution in [0, 0.1) is 0 Å². The Balaban J connectivity index is 3.72. The normalized spacial score (nSPS) is 12.5. The third kappa shape index (κ3) is 9.23. The van der Waals surface area contributed by atoms with Gasteiger partial charge in [0.2, 0.25) is 0 Å². The molecule has 0 rings (SSSR count). The van der Waals surface area contributed by atoms with Crippen molar-refractivity contribution in [3.05, 3.63) is 0 Å². The standard InChI is InChI=1S/C11H25N3O3S/c1-4-17-9-6-7-13-11(12-3)14-8-10-18(15,16)5-2/h4-10H2,1-3H3,(H2,12,13,14). The molecule has 0 atom stereocenters. The highest BCUT2D eigenvalue weighted by Gasteiger charge is 2.06. The molecule has 18 heavy (non-hydrogen) atoms. The topological polar surface area (TPSA) is 79.8 Å². The van der Waals surface area contributed by atoms with Crippen molar-refractivity contribution in [2.45, 2.75) is 20.3 Å². The zero-order chi connectivity index (χ0) is 13.9. The lowest BCUT2D eigenvalue weighted by Crippen LogP contribution is -2.40. The molecule has 0 aliphatic heterocycles. The van der Waals surface area contributed by atoms with Crippen molar-refractivity contribution in [1.82, 2.24) is 10.6 Å². The van der Waals surface area contributed by atoms with Gasteiger partial charge in [-0.15, -0.1) is 0 Å². The summed E-state index contributed by atoms with van der Waals surface area (Å²) in [4.78, 5) is 4.01. The van der Waals surface area contributed by atoms with Gasteiger partial charge >= 0.3 is 0 Å². The first-order valence-electron chi connectivity index (χ1n) is 6.28. The van der Waals surface area contributed by atoms with Gasteiger partial charge in [-0.2, -0.15) is 0 Å². The van der Waals surface area contributed by atoms with E-state index in [0.29, 0.717) is 19.1 Å². The number of guanidine groups is 1. The number of aliphatic imine (C=N–C) groups is 1. The fourth-order valence-corrected chi connectivity index (χ4v) is 1.92.